The van der Waals surface area contributed by atoms with E-state index in [1.54, 1.807) is 0 Å². The molecule has 0 atom stereocenters. The van der Waals surface area contributed by atoms with Gasteiger partial charge in [0.15, 0.2) is 11.6 Å². The van der Waals surface area contributed by atoms with Crippen LogP contribution in [0.5, 0.6) is 0 Å². The molecule has 3 N–H and O–H groups in total. The van der Waals surface area contributed by atoms with E-state index in [2.05, 4.69) is 43.0 Å². The van der Waals surface area contributed by atoms with E-state index >= 15 is 0 Å². The van der Waals surface area contributed by atoms with E-state index in [4.69, 9.17) is 5.73 Å². The fourth-order valence-electron chi connectivity index (χ4n) is 1.02. The first-order valence-corrected chi connectivity index (χ1v) is 5.35. The van der Waals surface area contributed by atoms with Crippen molar-refractivity contribution in [2.75, 3.05) is 17.6 Å². The van der Waals surface area contributed by atoms with E-state index in [1.807, 2.05) is 0 Å². The van der Waals surface area contributed by atoms with Gasteiger partial charge in [0.05, 0.1) is 6.20 Å². The predicted octanol–water partition coefficient (Wildman–Crippen LogP) is 2.29. The molecule has 0 unspecified atom stereocenters. The molecule has 1 aromatic heterocycles. The van der Waals surface area contributed by atoms with E-state index in [0.29, 0.717) is 12.5 Å². The van der Waals surface area contributed by atoms with E-state index in [-0.39, 0.29) is 17.2 Å². The monoisotopic (exact) mass is 226 g/mol. The summed E-state index contributed by atoms with van der Waals surface area (Å²) in [6.45, 7) is 9.14. The van der Waals surface area contributed by atoms with Crippen LogP contribution in [0.25, 0.3) is 0 Å². The molecule has 1 aromatic rings. The third-order valence-corrected chi connectivity index (χ3v) is 3.04. The third-order valence-electron chi connectivity index (χ3n) is 3.04. The SMILES string of the molecule is CC(C)C(C)(C)CNc1nc(N)ncc1F. The maximum Gasteiger partial charge on any atom is 0.222 e. The molecule has 5 heteroatoms. The van der Waals surface area contributed by atoms with Gasteiger partial charge in [0, 0.05) is 6.54 Å². The second-order valence-corrected chi connectivity index (χ2v) is 4.92. The molecule has 0 saturated heterocycles. The van der Waals surface area contributed by atoms with Crippen LogP contribution < -0.4 is 11.1 Å². The zero-order chi connectivity index (χ0) is 12.3. The first kappa shape index (κ1) is 12.7. The number of halogens is 1. The van der Waals surface area contributed by atoms with Crippen molar-refractivity contribution in [2.45, 2.75) is 27.7 Å². The van der Waals surface area contributed by atoms with E-state index in [9.17, 15) is 4.39 Å². The number of aromatic nitrogens is 2. The molecule has 0 aliphatic carbocycles. The van der Waals surface area contributed by atoms with Crippen molar-refractivity contribution >= 4 is 11.8 Å². The van der Waals surface area contributed by atoms with Crippen LogP contribution in [0.2, 0.25) is 0 Å². The lowest BCUT2D eigenvalue weighted by atomic mass is 9.81. The molecule has 0 aliphatic rings. The van der Waals surface area contributed by atoms with Crippen LogP contribution >= 0.6 is 0 Å². The zero-order valence-corrected chi connectivity index (χ0v) is 10.2. The van der Waals surface area contributed by atoms with Gasteiger partial charge in [-0.2, -0.15) is 4.98 Å². The van der Waals surface area contributed by atoms with Crippen LogP contribution in [0.1, 0.15) is 27.7 Å². The molecular formula is C11H19FN4. The van der Waals surface area contributed by atoms with Gasteiger partial charge in [-0.1, -0.05) is 27.7 Å². The lowest BCUT2D eigenvalue weighted by molar-refractivity contribution is 0.269. The Morgan fingerprint density at radius 2 is 2.12 bits per heavy atom. The first-order valence-electron chi connectivity index (χ1n) is 5.35. The summed E-state index contributed by atoms with van der Waals surface area (Å²) >= 11 is 0. The van der Waals surface area contributed by atoms with Crippen molar-refractivity contribution in [1.29, 1.82) is 0 Å². The zero-order valence-electron chi connectivity index (χ0n) is 10.2. The van der Waals surface area contributed by atoms with Gasteiger partial charge >= 0.3 is 0 Å². The third kappa shape index (κ3) is 3.05. The lowest BCUT2D eigenvalue weighted by Crippen LogP contribution is -2.29. The average Bonchev–Trinajstić information content (AvgIpc) is 2.19. The number of hydrogen-bond donors (Lipinski definition) is 2. The van der Waals surface area contributed by atoms with Crippen molar-refractivity contribution in [3.8, 4) is 0 Å². The quantitative estimate of drug-likeness (QED) is 0.826. The summed E-state index contributed by atoms with van der Waals surface area (Å²) in [4.78, 5) is 7.39. The Balaban J connectivity index is 2.71. The number of nitrogens with two attached hydrogens (primary N) is 1. The number of nitrogens with zero attached hydrogens (tertiary/aromatic N) is 2. The van der Waals surface area contributed by atoms with Gasteiger partial charge in [-0.3, -0.25) is 0 Å². The number of hydrogen-bond acceptors (Lipinski definition) is 4. The summed E-state index contributed by atoms with van der Waals surface area (Å²) < 4.78 is 13.3. The molecule has 1 heterocycles. The van der Waals surface area contributed by atoms with E-state index in [0.717, 1.165) is 6.20 Å². The van der Waals surface area contributed by atoms with Gasteiger partial charge in [-0.25, -0.2) is 9.37 Å². The summed E-state index contributed by atoms with van der Waals surface area (Å²) in [5, 5.41) is 2.97. The van der Waals surface area contributed by atoms with Crippen molar-refractivity contribution < 1.29 is 4.39 Å². The maximum absolute atomic E-state index is 13.3. The van der Waals surface area contributed by atoms with Gasteiger partial charge in [0.1, 0.15) is 0 Å². The highest BCUT2D eigenvalue weighted by Crippen LogP contribution is 2.26. The number of anilines is 2. The standard InChI is InChI=1S/C11H19FN4/c1-7(2)11(3,4)6-15-9-8(12)5-14-10(13)16-9/h5,7H,6H2,1-4H3,(H3,13,14,15,16). The normalized spacial score (nSPS) is 11.9. The van der Waals surface area contributed by atoms with E-state index in [1.165, 1.54) is 0 Å². The van der Waals surface area contributed by atoms with Crippen LogP contribution in [0, 0.1) is 17.2 Å². The Morgan fingerprint density at radius 3 is 2.69 bits per heavy atom. The predicted molar refractivity (Wildman–Crippen MR) is 63.5 cm³/mol. The molecule has 1 rings (SSSR count). The van der Waals surface area contributed by atoms with Crippen molar-refractivity contribution in [2.24, 2.45) is 11.3 Å². The Bertz CT molecular complexity index is 363. The molecule has 90 valence electrons. The maximum atomic E-state index is 13.3. The Hall–Kier alpha value is -1.39. The molecule has 16 heavy (non-hydrogen) atoms. The minimum absolute atomic E-state index is 0.0617. The minimum atomic E-state index is -0.478. The van der Waals surface area contributed by atoms with Crippen LogP contribution in [0.4, 0.5) is 16.2 Å². The smallest absolute Gasteiger partial charge is 0.222 e. The van der Waals surface area contributed by atoms with Gasteiger partial charge < -0.3 is 11.1 Å². The molecule has 0 aromatic carbocycles. The van der Waals surface area contributed by atoms with Crippen LogP contribution in [0.15, 0.2) is 6.20 Å². The van der Waals surface area contributed by atoms with Crippen molar-refractivity contribution in [3.05, 3.63) is 12.0 Å². The van der Waals surface area contributed by atoms with Gasteiger partial charge in [0.25, 0.3) is 0 Å². The number of nitrogen functional groups attached to an aromatic ring is 1. The topological polar surface area (TPSA) is 63.8 Å². The number of nitrogens with one attached hydrogen (secondary N) is 1. The highest BCUT2D eigenvalue weighted by Gasteiger charge is 2.22. The second-order valence-electron chi connectivity index (χ2n) is 4.92. The largest absolute Gasteiger partial charge is 0.368 e. The van der Waals surface area contributed by atoms with Gasteiger partial charge in [-0.05, 0) is 11.3 Å². The lowest BCUT2D eigenvalue weighted by Gasteiger charge is -2.29. The summed E-state index contributed by atoms with van der Waals surface area (Å²) in [5.74, 6) is 0.253. The highest BCUT2D eigenvalue weighted by molar-refractivity contribution is 5.39. The summed E-state index contributed by atoms with van der Waals surface area (Å²) in [7, 11) is 0. The minimum Gasteiger partial charge on any atom is -0.368 e. The van der Waals surface area contributed by atoms with Crippen molar-refractivity contribution in [3.63, 3.8) is 0 Å². The molecule has 0 radical (unpaired) electrons. The first-order chi connectivity index (χ1) is 7.33. The summed E-state index contributed by atoms with van der Waals surface area (Å²) in [5.41, 5.74) is 5.46. The molecule has 0 amide bonds. The van der Waals surface area contributed by atoms with Crippen LogP contribution in [-0.4, -0.2) is 16.5 Å². The molecule has 0 fully saturated rings. The fourth-order valence-corrected chi connectivity index (χ4v) is 1.02. The highest BCUT2D eigenvalue weighted by atomic mass is 19.1. The molecule has 0 bridgehead atoms. The van der Waals surface area contributed by atoms with Crippen LogP contribution in [0.3, 0.4) is 0 Å². The van der Waals surface area contributed by atoms with E-state index < -0.39 is 5.82 Å². The van der Waals surface area contributed by atoms with Gasteiger partial charge in [-0.15, -0.1) is 0 Å². The molecular weight excluding hydrogens is 207 g/mol. The molecule has 4 nitrogen and oxygen atoms in total. The summed E-state index contributed by atoms with van der Waals surface area (Å²) in [6, 6.07) is 0. The molecule has 0 saturated carbocycles. The fraction of sp³-hybridized carbons (Fsp3) is 0.636. The van der Waals surface area contributed by atoms with Crippen molar-refractivity contribution in [1.82, 2.24) is 9.97 Å². The molecule has 0 spiro atoms. The van der Waals surface area contributed by atoms with Crippen LogP contribution in [-0.2, 0) is 0 Å². The summed E-state index contributed by atoms with van der Waals surface area (Å²) in [6.07, 6.45) is 1.08. The Morgan fingerprint density at radius 1 is 1.50 bits per heavy atom. The Labute approximate surface area is 95.5 Å². The van der Waals surface area contributed by atoms with Gasteiger partial charge in [0.2, 0.25) is 5.95 Å². The second kappa shape index (κ2) is 4.63. The Kier molecular flexibility index (Phi) is 3.67. The number of rotatable bonds is 4. The molecule has 0 aliphatic heterocycles. The average molecular weight is 226 g/mol.